The summed E-state index contributed by atoms with van der Waals surface area (Å²) < 4.78 is 6.51. The second-order valence-electron chi connectivity index (χ2n) is 8.72. The molecule has 0 aliphatic carbocycles. The Morgan fingerprint density at radius 3 is 2.38 bits per heavy atom. The number of carbonyl (C=O) groups is 1. The summed E-state index contributed by atoms with van der Waals surface area (Å²) in [7, 11) is 1.62. The van der Waals surface area contributed by atoms with Gasteiger partial charge in [-0.25, -0.2) is 4.79 Å². The van der Waals surface area contributed by atoms with Crippen LogP contribution in [0.4, 0.5) is 11.5 Å². The Balaban J connectivity index is 2.15. The largest absolute Gasteiger partial charge is 0.497 e. The van der Waals surface area contributed by atoms with Crippen molar-refractivity contribution in [3.8, 4) is 5.75 Å². The standard InChI is InChI=1S/C23H35N5O4/c1-15(2)12-27(20-21(24)28(13-16(3)4)23(31)26-22(20)30)14-19(29)25-11-10-17-6-8-18(32-5)9-7-17/h6-9,15-16H,10-14,24H2,1-5H3,(H,25,29)(H,26,30,31). The van der Waals surface area contributed by atoms with Crippen molar-refractivity contribution in [2.24, 2.45) is 11.8 Å². The molecule has 0 spiro atoms. The van der Waals surface area contributed by atoms with Crippen molar-refractivity contribution in [1.29, 1.82) is 0 Å². The number of carbonyl (C=O) groups excluding carboxylic acids is 1. The molecule has 0 saturated carbocycles. The predicted octanol–water partition coefficient (Wildman–Crippen LogP) is 1.60. The molecule has 1 aromatic heterocycles. The minimum absolute atomic E-state index is 0.0338. The molecule has 9 nitrogen and oxygen atoms in total. The van der Waals surface area contributed by atoms with E-state index in [-0.39, 0.29) is 35.8 Å². The summed E-state index contributed by atoms with van der Waals surface area (Å²) in [5.41, 5.74) is 6.35. The van der Waals surface area contributed by atoms with Crippen LogP contribution in [-0.4, -0.2) is 42.2 Å². The van der Waals surface area contributed by atoms with E-state index in [2.05, 4.69) is 10.3 Å². The van der Waals surface area contributed by atoms with E-state index in [0.29, 0.717) is 26.1 Å². The molecule has 2 rings (SSSR count). The Kier molecular flexibility index (Phi) is 8.92. The number of hydrogen-bond acceptors (Lipinski definition) is 6. The van der Waals surface area contributed by atoms with Gasteiger partial charge in [-0.3, -0.25) is 19.1 Å². The zero-order valence-corrected chi connectivity index (χ0v) is 19.6. The number of nitrogens with zero attached hydrogens (tertiary/aromatic N) is 2. The van der Waals surface area contributed by atoms with Crippen LogP contribution in [-0.2, 0) is 17.8 Å². The van der Waals surface area contributed by atoms with Gasteiger partial charge in [-0.15, -0.1) is 0 Å². The average molecular weight is 446 g/mol. The molecular weight excluding hydrogens is 410 g/mol. The van der Waals surface area contributed by atoms with Gasteiger partial charge in [-0.05, 0) is 36.0 Å². The maximum Gasteiger partial charge on any atom is 0.330 e. The zero-order valence-electron chi connectivity index (χ0n) is 19.6. The number of H-pyrrole nitrogens is 1. The number of benzene rings is 1. The summed E-state index contributed by atoms with van der Waals surface area (Å²) in [4.78, 5) is 41.5. The number of nitrogen functional groups attached to an aromatic ring is 1. The lowest BCUT2D eigenvalue weighted by Gasteiger charge is -2.27. The van der Waals surface area contributed by atoms with Crippen LogP contribution in [0.2, 0.25) is 0 Å². The summed E-state index contributed by atoms with van der Waals surface area (Å²) >= 11 is 0. The predicted molar refractivity (Wildman–Crippen MR) is 127 cm³/mol. The Labute approximate surface area is 188 Å². The molecule has 0 unspecified atom stereocenters. The molecule has 2 aromatic rings. The summed E-state index contributed by atoms with van der Waals surface area (Å²) in [6, 6.07) is 7.66. The van der Waals surface area contributed by atoms with Crippen LogP contribution in [0, 0.1) is 11.8 Å². The van der Waals surface area contributed by atoms with E-state index < -0.39 is 11.2 Å². The Morgan fingerprint density at radius 2 is 1.81 bits per heavy atom. The zero-order chi connectivity index (χ0) is 23.8. The van der Waals surface area contributed by atoms with Gasteiger partial charge in [-0.1, -0.05) is 39.8 Å². The van der Waals surface area contributed by atoms with Crippen LogP contribution < -0.4 is 31.9 Å². The first-order valence-electron chi connectivity index (χ1n) is 10.9. The van der Waals surface area contributed by atoms with Gasteiger partial charge in [0.1, 0.15) is 17.3 Å². The number of hydrogen-bond donors (Lipinski definition) is 3. The molecule has 0 aliphatic heterocycles. The molecule has 176 valence electrons. The summed E-state index contributed by atoms with van der Waals surface area (Å²) in [5, 5.41) is 2.90. The second kappa shape index (κ2) is 11.4. The molecule has 4 N–H and O–H groups in total. The SMILES string of the molecule is COc1ccc(CCNC(=O)CN(CC(C)C)c2c(N)n(CC(C)C)c(=O)[nH]c2=O)cc1. The molecule has 9 heteroatoms. The topological polar surface area (TPSA) is 122 Å². The molecule has 0 bridgehead atoms. The highest BCUT2D eigenvalue weighted by Crippen LogP contribution is 2.19. The maximum absolute atomic E-state index is 12.7. The second-order valence-corrected chi connectivity index (χ2v) is 8.72. The first-order chi connectivity index (χ1) is 15.1. The quantitative estimate of drug-likeness (QED) is 0.483. The fraction of sp³-hybridized carbons (Fsp3) is 0.522. The smallest absolute Gasteiger partial charge is 0.330 e. The summed E-state index contributed by atoms with van der Waals surface area (Å²) in [6.07, 6.45) is 0.669. The van der Waals surface area contributed by atoms with Gasteiger partial charge in [0.15, 0.2) is 0 Å². The van der Waals surface area contributed by atoms with Crippen LogP contribution in [0.3, 0.4) is 0 Å². The highest BCUT2D eigenvalue weighted by molar-refractivity contribution is 5.82. The monoisotopic (exact) mass is 445 g/mol. The maximum atomic E-state index is 12.7. The highest BCUT2D eigenvalue weighted by Gasteiger charge is 2.22. The van der Waals surface area contributed by atoms with Gasteiger partial charge in [0.25, 0.3) is 5.56 Å². The molecule has 1 heterocycles. The lowest BCUT2D eigenvalue weighted by molar-refractivity contribution is -0.119. The van der Waals surface area contributed by atoms with E-state index in [4.69, 9.17) is 10.5 Å². The number of amides is 1. The number of rotatable bonds is 11. The number of aromatic amines is 1. The molecule has 0 fully saturated rings. The fourth-order valence-corrected chi connectivity index (χ4v) is 3.47. The Hall–Kier alpha value is -3.23. The minimum Gasteiger partial charge on any atom is -0.497 e. The van der Waals surface area contributed by atoms with Crippen LogP contribution in [0.5, 0.6) is 5.75 Å². The summed E-state index contributed by atoms with van der Waals surface area (Å²) in [5.74, 6) is 0.974. The Bertz CT molecular complexity index is 1010. The number of anilines is 2. The lowest BCUT2D eigenvalue weighted by Crippen LogP contribution is -2.44. The average Bonchev–Trinajstić information content (AvgIpc) is 2.70. The van der Waals surface area contributed by atoms with Gasteiger partial charge in [0.05, 0.1) is 13.7 Å². The van der Waals surface area contributed by atoms with E-state index >= 15 is 0 Å². The molecule has 1 amide bonds. The van der Waals surface area contributed by atoms with Crippen LogP contribution >= 0.6 is 0 Å². The van der Waals surface area contributed by atoms with Crippen LogP contribution in [0.25, 0.3) is 0 Å². The molecule has 0 atom stereocenters. The highest BCUT2D eigenvalue weighted by atomic mass is 16.5. The molecule has 1 aromatic carbocycles. The Morgan fingerprint density at radius 1 is 1.16 bits per heavy atom. The van der Waals surface area contributed by atoms with Crippen LogP contribution in [0.1, 0.15) is 33.3 Å². The van der Waals surface area contributed by atoms with E-state index in [1.165, 1.54) is 4.57 Å². The van der Waals surface area contributed by atoms with Crippen molar-refractivity contribution in [3.63, 3.8) is 0 Å². The molecular formula is C23H35N5O4. The van der Waals surface area contributed by atoms with Crippen LogP contribution in [0.15, 0.2) is 33.9 Å². The minimum atomic E-state index is -0.584. The van der Waals surface area contributed by atoms with Gasteiger partial charge in [0, 0.05) is 19.6 Å². The molecule has 0 saturated heterocycles. The van der Waals surface area contributed by atoms with E-state index in [1.807, 2.05) is 52.0 Å². The number of aromatic nitrogens is 2. The number of nitrogens with one attached hydrogen (secondary N) is 2. The van der Waals surface area contributed by atoms with Crippen molar-refractivity contribution in [2.45, 2.75) is 40.7 Å². The third-order valence-electron chi connectivity index (χ3n) is 4.89. The first-order valence-corrected chi connectivity index (χ1v) is 10.9. The van der Waals surface area contributed by atoms with E-state index in [0.717, 1.165) is 11.3 Å². The van der Waals surface area contributed by atoms with E-state index in [1.54, 1.807) is 12.0 Å². The van der Waals surface area contributed by atoms with Gasteiger partial charge >= 0.3 is 5.69 Å². The summed E-state index contributed by atoms with van der Waals surface area (Å²) in [6.45, 7) is 9.13. The number of ether oxygens (including phenoxy) is 1. The normalized spacial score (nSPS) is 11.1. The molecule has 0 aliphatic rings. The van der Waals surface area contributed by atoms with Gasteiger partial charge in [0.2, 0.25) is 5.91 Å². The van der Waals surface area contributed by atoms with Crippen molar-refractivity contribution in [1.82, 2.24) is 14.9 Å². The molecule has 0 radical (unpaired) electrons. The van der Waals surface area contributed by atoms with Gasteiger partial charge < -0.3 is 20.7 Å². The van der Waals surface area contributed by atoms with Crippen molar-refractivity contribution in [3.05, 3.63) is 50.7 Å². The van der Waals surface area contributed by atoms with Crippen molar-refractivity contribution >= 4 is 17.4 Å². The van der Waals surface area contributed by atoms with Crippen molar-refractivity contribution in [2.75, 3.05) is 37.4 Å². The molecule has 32 heavy (non-hydrogen) atoms. The fourth-order valence-electron chi connectivity index (χ4n) is 3.47. The number of methoxy groups -OCH3 is 1. The van der Waals surface area contributed by atoms with E-state index in [9.17, 15) is 14.4 Å². The third kappa shape index (κ3) is 6.90. The third-order valence-corrected chi connectivity index (χ3v) is 4.89. The van der Waals surface area contributed by atoms with Crippen molar-refractivity contribution < 1.29 is 9.53 Å². The lowest BCUT2D eigenvalue weighted by atomic mass is 10.1. The number of nitrogens with two attached hydrogens (primary N) is 1. The first kappa shape index (κ1) is 25.0. The van der Waals surface area contributed by atoms with Gasteiger partial charge in [-0.2, -0.15) is 0 Å².